The normalized spacial score (nSPS) is 22.3. The van der Waals surface area contributed by atoms with Gasteiger partial charge in [0.25, 0.3) is 5.56 Å². The second-order valence-corrected chi connectivity index (χ2v) is 10.8. The lowest BCUT2D eigenvalue weighted by atomic mass is 10.0. The average Bonchev–Trinajstić information content (AvgIpc) is 3.48. The number of hydrogen-bond donors (Lipinski definition) is 1. The van der Waals surface area contributed by atoms with Crippen LogP contribution in [0.25, 0.3) is 33.7 Å². The number of esters is 1. The first-order valence-electron chi connectivity index (χ1n) is 13.9. The van der Waals surface area contributed by atoms with Crippen molar-refractivity contribution in [2.45, 2.75) is 57.6 Å². The van der Waals surface area contributed by atoms with Crippen LogP contribution < -0.4 is 11.2 Å². The number of aromatic nitrogens is 4. The number of fused-ring (bicyclic) bond motifs is 2. The van der Waals surface area contributed by atoms with Crippen LogP contribution in [0.5, 0.6) is 0 Å². The number of halogens is 2. The highest BCUT2D eigenvalue weighted by Gasteiger charge is 2.56. The molecule has 2 saturated heterocycles. The third-order valence-corrected chi connectivity index (χ3v) is 7.38. The molecule has 2 fully saturated rings. The molecule has 2 aromatic heterocycles. The van der Waals surface area contributed by atoms with Gasteiger partial charge in [0.05, 0.1) is 24.6 Å². The Balaban J connectivity index is 1.67. The van der Waals surface area contributed by atoms with Crippen LogP contribution in [0.15, 0.2) is 58.1 Å². The Morgan fingerprint density at radius 3 is 2.09 bits per heavy atom. The van der Waals surface area contributed by atoms with Gasteiger partial charge in [-0.05, 0) is 69.3 Å². The maximum absolute atomic E-state index is 14.1. The largest absolute Gasteiger partial charge is 0.465 e. The maximum atomic E-state index is 14.1. The number of ether oxygens (including phenoxy) is 4. The molecule has 0 amide bonds. The van der Waals surface area contributed by atoms with Gasteiger partial charge in [0, 0.05) is 11.1 Å². The molecule has 6 rings (SSSR count). The SMILES string of the molecule is CCOC(=O)Cn1c(=O)c2nc(-c3ccc(F)cc3)c(-c3ccc(F)cc3)nc2n([C@@H]2O[C@H](CO)[C@H]3OC(C)(C)O[C@H]32)c1=O. The first-order valence-corrected chi connectivity index (χ1v) is 13.9. The van der Waals surface area contributed by atoms with Crippen molar-refractivity contribution in [2.24, 2.45) is 0 Å². The Morgan fingerprint density at radius 2 is 1.52 bits per heavy atom. The number of carbonyl (C=O) groups is 1. The van der Waals surface area contributed by atoms with Gasteiger partial charge in [-0.25, -0.2) is 32.7 Å². The molecule has 230 valence electrons. The van der Waals surface area contributed by atoms with E-state index in [-0.39, 0.29) is 29.2 Å². The smallest absolute Gasteiger partial charge is 0.335 e. The Bertz CT molecular complexity index is 1860. The van der Waals surface area contributed by atoms with Crippen molar-refractivity contribution >= 4 is 17.1 Å². The molecule has 0 saturated carbocycles. The highest BCUT2D eigenvalue weighted by Crippen LogP contribution is 2.43. The molecule has 4 atom stereocenters. The van der Waals surface area contributed by atoms with Crippen LogP contribution in [0, 0.1) is 11.6 Å². The number of aliphatic hydroxyl groups is 1. The van der Waals surface area contributed by atoms with Crippen molar-refractivity contribution in [2.75, 3.05) is 13.2 Å². The molecule has 2 aliphatic rings. The van der Waals surface area contributed by atoms with Gasteiger partial charge in [-0.2, -0.15) is 0 Å². The van der Waals surface area contributed by atoms with E-state index in [0.717, 1.165) is 4.57 Å². The molecule has 0 aliphatic carbocycles. The third kappa shape index (κ3) is 5.19. The minimum Gasteiger partial charge on any atom is -0.465 e. The first kappa shape index (κ1) is 29.7. The molecule has 4 aromatic rings. The van der Waals surface area contributed by atoms with Crippen molar-refractivity contribution < 1.29 is 37.6 Å². The maximum Gasteiger partial charge on any atom is 0.335 e. The molecule has 0 radical (unpaired) electrons. The molecule has 12 nitrogen and oxygen atoms in total. The van der Waals surface area contributed by atoms with Crippen molar-refractivity contribution in [3.63, 3.8) is 0 Å². The molecule has 14 heteroatoms. The predicted molar refractivity (Wildman–Crippen MR) is 150 cm³/mol. The molecule has 4 heterocycles. The lowest BCUT2D eigenvalue weighted by Gasteiger charge is -2.25. The quantitative estimate of drug-likeness (QED) is 0.310. The zero-order valence-electron chi connectivity index (χ0n) is 23.9. The van der Waals surface area contributed by atoms with E-state index in [4.69, 9.17) is 23.9 Å². The summed E-state index contributed by atoms with van der Waals surface area (Å²) in [5.41, 5.74) is -1.40. The molecule has 0 spiro atoms. The van der Waals surface area contributed by atoms with Crippen LogP contribution in [-0.4, -0.2) is 67.5 Å². The monoisotopic (exact) mass is 610 g/mol. The topological polar surface area (TPSA) is 144 Å². The Kier molecular flexibility index (Phi) is 7.61. The molecular formula is C30H28F2N4O8. The van der Waals surface area contributed by atoms with Crippen LogP contribution >= 0.6 is 0 Å². The van der Waals surface area contributed by atoms with E-state index in [1.54, 1.807) is 20.8 Å². The highest BCUT2D eigenvalue weighted by atomic mass is 19.1. The summed E-state index contributed by atoms with van der Waals surface area (Å²) in [6, 6.07) is 10.6. The van der Waals surface area contributed by atoms with E-state index < -0.39 is 72.3 Å². The van der Waals surface area contributed by atoms with E-state index in [1.165, 1.54) is 48.5 Å². The van der Waals surface area contributed by atoms with Gasteiger partial charge in [-0.1, -0.05) is 0 Å². The average molecular weight is 611 g/mol. The van der Waals surface area contributed by atoms with Gasteiger partial charge >= 0.3 is 11.7 Å². The zero-order valence-corrected chi connectivity index (χ0v) is 23.9. The zero-order chi connectivity index (χ0) is 31.3. The minimum absolute atomic E-state index is 0.0127. The number of nitrogens with zero attached hydrogens (tertiary/aromatic N) is 4. The number of hydrogen-bond acceptors (Lipinski definition) is 10. The standard InChI is InChI=1S/C30H28F2N4O8/c1-4-41-20(38)13-35-27(39)23-26(36(29(35)40)28-25-24(19(14-37)42-28)43-30(2,3)44-25)34-22(16-7-11-18(32)12-8-16)21(33-23)15-5-9-17(31)10-6-15/h5-12,19,24-25,28,37H,4,13-14H2,1-3H3/t19-,24-,25-,28-/m1/s1. The van der Waals surface area contributed by atoms with E-state index in [2.05, 4.69) is 4.98 Å². The second-order valence-electron chi connectivity index (χ2n) is 10.8. The van der Waals surface area contributed by atoms with Crippen LogP contribution in [-0.2, 0) is 30.3 Å². The highest BCUT2D eigenvalue weighted by molar-refractivity contribution is 5.84. The predicted octanol–water partition coefficient (Wildman–Crippen LogP) is 2.54. The number of carbonyl (C=O) groups excluding carboxylic acids is 1. The first-order chi connectivity index (χ1) is 21.0. The summed E-state index contributed by atoms with van der Waals surface area (Å²) < 4.78 is 52.5. The van der Waals surface area contributed by atoms with Crippen LogP contribution in [0.4, 0.5) is 8.78 Å². The van der Waals surface area contributed by atoms with Crippen molar-refractivity contribution in [1.82, 2.24) is 19.1 Å². The molecule has 44 heavy (non-hydrogen) atoms. The van der Waals surface area contributed by atoms with Crippen molar-refractivity contribution in [3.05, 3.63) is 81.0 Å². The van der Waals surface area contributed by atoms with E-state index in [0.29, 0.717) is 15.7 Å². The summed E-state index contributed by atoms with van der Waals surface area (Å²) in [5.74, 6) is -2.95. The van der Waals surface area contributed by atoms with Gasteiger partial charge in [-0.15, -0.1) is 0 Å². The van der Waals surface area contributed by atoms with Crippen LogP contribution in [0.1, 0.15) is 27.0 Å². The van der Waals surface area contributed by atoms with E-state index in [1.807, 2.05) is 0 Å². The Morgan fingerprint density at radius 1 is 0.955 bits per heavy atom. The molecule has 2 aromatic carbocycles. The Labute approximate surface area is 248 Å². The molecule has 1 N–H and O–H groups in total. The fraction of sp³-hybridized carbons (Fsp3) is 0.367. The van der Waals surface area contributed by atoms with Crippen molar-refractivity contribution in [1.29, 1.82) is 0 Å². The molecule has 0 unspecified atom stereocenters. The summed E-state index contributed by atoms with van der Waals surface area (Å²) in [6.07, 6.45) is -3.88. The summed E-state index contributed by atoms with van der Waals surface area (Å²) in [6.45, 7) is 3.73. The molecule has 0 bridgehead atoms. The van der Waals surface area contributed by atoms with Gasteiger partial charge in [-0.3, -0.25) is 9.59 Å². The number of benzene rings is 2. The van der Waals surface area contributed by atoms with E-state index in [9.17, 15) is 28.3 Å². The fourth-order valence-electron chi connectivity index (χ4n) is 5.51. The fourth-order valence-corrected chi connectivity index (χ4v) is 5.51. The van der Waals surface area contributed by atoms with Crippen LogP contribution in [0.3, 0.4) is 0 Å². The number of aliphatic hydroxyl groups excluding tert-OH is 1. The molecule has 2 aliphatic heterocycles. The third-order valence-electron chi connectivity index (χ3n) is 7.38. The summed E-state index contributed by atoms with van der Waals surface area (Å²) in [4.78, 5) is 49.7. The second kappa shape index (κ2) is 11.3. The lowest BCUT2D eigenvalue weighted by Crippen LogP contribution is -2.46. The van der Waals surface area contributed by atoms with Crippen LogP contribution in [0.2, 0.25) is 0 Å². The summed E-state index contributed by atoms with van der Waals surface area (Å²) in [7, 11) is 0. The summed E-state index contributed by atoms with van der Waals surface area (Å²) in [5, 5.41) is 10.1. The van der Waals surface area contributed by atoms with Crippen molar-refractivity contribution in [3.8, 4) is 22.5 Å². The number of rotatable bonds is 7. The van der Waals surface area contributed by atoms with Gasteiger partial charge in [0.1, 0.15) is 36.5 Å². The lowest BCUT2D eigenvalue weighted by molar-refractivity contribution is -0.200. The molecular weight excluding hydrogens is 582 g/mol. The van der Waals surface area contributed by atoms with E-state index >= 15 is 0 Å². The summed E-state index contributed by atoms with van der Waals surface area (Å²) >= 11 is 0. The van der Waals surface area contributed by atoms with Gasteiger partial charge < -0.3 is 24.1 Å². The minimum atomic E-state index is -1.27. The van der Waals surface area contributed by atoms with Gasteiger partial charge in [0.15, 0.2) is 23.2 Å². The van der Waals surface area contributed by atoms with Gasteiger partial charge in [0.2, 0.25) is 0 Å². The Hall–Kier alpha value is -4.37.